The molecule has 2 amide bonds. The maximum Gasteiger partial charge on any atom is 0.244 e. The summed E-state index contributed by atoms with van der Waals surface area (Å²) in [4.78, 5) is 25.9. The van der Waals surface area contributed by atoms with Gasteiger partial charge in [-0.1, -0.05) is 12.1 Å². The van der Waals surface area contributed by atoms with Crippen LogP contribution in [-0.4, -0.2) is 23.3 Å². The highest BCUT2D eigenvalue weighted by molar-refractivity contribution is 5.93. The van der Waals surface area contributed by atoms with E-state index in [1.54, 1.807) is 6.07 Å². The van der Waals surface area contributed by atoms with Crippen molar-refractivity contribution < 1.29 is 14.0 Å². The van der Waals surface area contributed by atoms with Crippen LogP contribution >= 0.6 is 0 Å². The first-order chi connectivity index (χ1) is 8.65. The summed E-state index contributed by atoms with van der Waals surface area (Å²) in [5.41, 5.74) is 6.26. The molecule has 0 atom stereocenters. The van der Waals surface area contributed by atoms with Crippen LogP contribution in [0.4, 0.5) is 0 Å². The quantitative estimate of drug-likeness (QED) is 0.763. The molecule has 1 heterocycles. The van der Waals surface area contributed by atoms with Crippen molar-refractivity contribution in [3.63, 3.8) is 0 Å². The molecule has 0 spiro atoms. The number of primary amides is 1. The van der Waals surface area contributed by atoms with Crippen LogP contribution < -0.4 is 11.1 Å². The Morgan fingerprint density at radius 3 is 2.89 bits per heavy atom. The molecule has 92 valence electrons. The van der Waals surface area contributed by atoms with E-state index in [4.69, 9.17) is 10.2 Å². The standard InChI is InChI=1S/C12H11N3O3/c13-10(16)7-14-11(17)5-6-12-15-8-3-1-2-4-9(8)18-12/h1-6H,7H2,(H2,13,16)(H,14,17). The molecule has 0 bridgehead atoms. The van der Waals surface area contributed by atoms with E-state index in [1.165, 1.54) is 12.2 Å². The van der Waals surface area contributed by atoms with Crippen molar-refractivity contribution in [2.75, 3.05) is 6.54 Å². The number of rotatable bonds is 4. The molecule has 0 aliphatic heterocycles. The molecule has 0 fully saturated rings. The number of benzene rings is 1. The minimum Gasteiger partial charge on any atom is -0.437 e. The summed E-state index contributed by atoms with van der Waals surface area (Å²) in [5.74, 6) is -0.708. The van der Waals surface area contributed by atoms with E-state index in [9.17, 15) is 9.59 Å². The van der Waals surface area contributed by atoms with Gasteiger partial charge in [0.1, 0.15) is 5.52 Å². The number of nitrogens with one attached hydrogen (secondary N) is 1. The Morgan fingerprint density at radius 1 is 1.39 bits per heavy atom. The number of hydrogen-bond acceptors (Lipinski definition) is 4. The number of nitrogens with zero attached hydrogens (tertiary/aromatic N) is 1. The van der Waals surface area contributed by atoms with Crippen molar-refractivity contribution in [3.8, 4) is 0 Å². The van der Waals surface area contributed by atoms with Crippen molar-refractivity contribution >= 4 is 29.0 Å². The van der Waals surface area contributed by atoms with Gasteiger partial charge in [0.25, 0.3) is 0 Å². The lowest BCUT2D eigenvalue weighted by molar-refractivity contribution is -0.122. The smallest absolute Gasteiger partial charge is 0.244 e. The van der Waals surface area contributed by atoms with E-state index < -0.39 is 11.8 Å². The molecule has 6 heteroatoms. The highest BCUT2D eigenvalue weighted by Crippen LogP contribution is 2.15. The molecule has 2 aromatic rings. The van der Waals surface area contributed by atoms with Crippen LogP contribution in [0.5, 0.6) is 0 Å². The van der Waals surface area contributed by atoms with E-state index in [2.05, 4.69) is 10.3 Å². The fraction of sp³-hybridized carbons (Fsp3) is 0.0833. The second-order valence-electron chi connectivity index (χ2n) is 3.54. The topological polar surface area (TPSA) is 98.2 Å². The largest absolute Gasteiger partial charge is 0.437 e. The van der Waals surface area contributed by atoms with E-state index in [1.807, 2.05) is 18.2 Å². The van der Waals surface area contributed by atoms with E-state index >= 15 is 0 Å². The molecule has 0 radical (unpaired) electrons. The number of hydrogen-bond donors (Lipinski definition) is 2. The lowest BCUT2D eigenvalue weighted by atomic mass is 10.3. The van der Waals surface area contributed by atoms with Crippen molar-refractivity contribution in [1.82, 2.24) is 10.3 Å². The predicted molar refractivity (Wildman–Crippen MR) is 65.2 cm³/mol. The lowest BCUT2D eigenvalue weighted by Crippen LogP contribution is -2.32. The molecule has 0 aliphatic carbocycles. The third-order valence-electron chi connectivity index (χ3n) is 2.12. The van der Waals surface area contributed by atoms with E-state index in [0.29, 0.717) is 11.5 Å². The summed E-state index contributed by atoms with van der Waals surface area (Å²) in [6.07, 6.45) is 2.66. The molecule has 1 aromatic carbocycles. The second kappa shape index (κ2) is 5.13. The summed E-state index contributed by atoms with van der Waals surface area (Å²) in [7, 11) is 0. The molecule has 0 saturated carbocycles. The molecule has 2 rings (SSSR count). The Balaban J connectivity index is 2.04. The summed E-state index contributed by atoms with van der Waals surface area (Å²) in [6.45, 7) is -0.198. The normalized spacial score (nSPS) is 10.9. The number of para-hydroxylation sites is 2. The van der Waals surface area contributed by atoms with Crippen molar-refractivity contribution in [3.05, 3.63) is 36.2 Å². The minimum atomic E-state index is -0.599. The molecule has 1 aromatic heterocycles. The fourth-order valence-corrected chi connectivity index (χ4v) is 1.34. The van der Waals surface area contributed by atoms with Gasteiger partial charge in [-0.05, 0) is 12.1 Å². The molecule has 0 aliphatic rings. The summed E-state index contributed by atoms with van der Waals surface area (Å²) < 4.78 is 5.37. The van der Waals surface area contributed by atoms with Gasteiger partial charge in [0.15, 0.2) is 5.58 Å². The van der Waals surface area contributed by atoms with Crippen LogP contribution in [0, 0.1) is 0 Å². The number of carbonyl (C=O) groups excluding carboxylic acids is 2. The zero-order valence-electron chi connectivity index (χ0n) is 9.42. The molecule has 0 saturated heterocycles. The Bertz CT molecular complexity index is 583. The van der Waals surface area contributed by atoms with Gasteiger partial charge >= 0.3 is 0 Å². The first-order valence-corrected chi connectivity index (χ1v) is 5.25. The maximum atomic E-state index is 11.3. The van der Waals surface area contributed by atoms with Gasteiger partial charge in [-0.15, -0.1) is 0 Å². The van der Waals surface area contributed by atoms with Gasteiger partial charge in [-0.25, -0.2) is 4.98 Å². The van der Waals surface area contributed by atoms with Crippen molar-refractivity contribution in [1.29, 1.82) is 0 Å². The first kappa shape index (κ1) is 11.8. The third-order valence-corrected chi connectivity index (χ3v) is 2.12. The highest BCUT2D eigenvalue weighted by Gasteiger charge is 2.02. The zero-order valence-corrected chi connectivity index (χ0v) is 9.42. The Kier molecular flexibility index (Phi) is 3.38. The number of nitrogens with two attached hydrogens (primary N) is 1. The average molecular weight is 245 g/mol. The van der Waals surface area contributed by atoms with Crippen LogP contribution in [0.2, 0.25) is 0 Å². The first-order valence-electron chi connectivity index (χ1n) is 5.25. The lowest BCUT2D eigenvalue weighted by Gasteiger charge is -1.95. The molecular weight excluding hydrogens is 234 g/mol. The fourth-order valence-electron chi connectivity index (χ4n) is 1.34. The van der Waals surface area contributed by atoms with E-state index in [0.717, 1.165) is 5.52 Å². The van der Waals surface area contributed by atoms with Gasteiger partial charge in [-0.3, -0.25) is 9.59 Å². The van der Waals surface area contributed by atoms with Crippen LogP contribution in [-0.2, 0) is 9.59 Å². The molecule has 3 N–H and O–H groups in total. The van der Waals surface area contributed by atoms with Crippen LogP contribution in [0.15, 0.2) is 34.8 Å². The SMILES string of the molecule is NC(=O)CNC(=O)C=Cc1nc2ccccc2o1. The Morgan fingerprint density at radius 2 is 2.17 bits per heavy atom. The van der Waals surface area contributed by atoms with Gasteiger partial charge < -0.3 is 15.5 Å². The van der Waals surface area contributed by atoms with Crippen LogP contribution in [0.3, 0.4) is 0 Å². The van der Waals surface area contributed by atoms with Gasteiger partial charge in [-0.2, -0.15) is 0 Å². The average Bonchev–Trinajstić information content (AvgIpc) is 2.76. The Labute approximate surface area is 102 Å². The van der Waals surface area contributed by atoms with Crippen LogP contribution in [0.25, 0.3) is 17.2 Å². The van der Waals surface area contributed by atoms with Gasteiger partial charge in [0.05, 0.1) is 6.54 Å². The Hall–Kier alpha value is -2.63. The summed E-state index contributed by atoms with van der Waals surface area (Å²) >= 11 is 0. The highest BCUT2D eigenvalue weighted by atomic mass is 16.3. The number of amides is 2. The number of aromatic nitrogens is 1. The van der Waals surface area contributed by atoms with Crippen molar-refractivity contribution in [2.24, 2.45) is 5.73 Å². The van der Waals surface area contributed by atoms with Gasteiger partial charge in [0.2, 0.25) is 17.7 Å². The number of oxazole rings is 1. The summed E-state index contributed by atoms with van der Waals surface area (Å²) in [5, 5.41) is 2.32. The molecule has 0 unspecified atom stereocenters. The maximum absolute atomic E-state index is 11.3. The monoisotopic (exact) mass is 245 g/mol. The van der Waals surface area contributed by atoms with Crippen molar-refractivity contribution in [2.45, 2.75) is 0 Å². The van der Waals surface area contributed by atoms with Crippen LogP contribution in [0.1, 0.15) is 5.89 Å². The summed E-state index contributed by atoms with van der Waals surface area (Å²) in [6, 6.07) is 7.27. The zero-order chi connectivity index (χ0) is 13.0. The van der Waals surface area contributed by atoms with E-state index in [-0.39, 0.29) is 6.54 Å². The number of fused-ring (bicyclic) bond motifs is 1. The second-order valence-corrected chi connectivity index (χ2v) is 3.54. The molecular formula is C12H11N3O3. The third kappa shape index (κ3) is 2.94. The number of carbonyl (C=O) groups is 2. The molecule has 18 heavy (non-hydrogen) atoms. The predicted octanol–water partition coefficient (Wildman–Crippen LogP) is 0.442. The minimum absolute atomic E-state index is 0.198. The molecule has 6 nitrogen and oxygen atoms in total. The van der Waals surface area contributed by atoms with Gasteiger partial charge in [0, 0.05) is 12.2 Å².